The molecule has 0 radical (unpaired) electrons. The minimum absolute atomic E-state index is 0.101. The molecule has 1 atom stereocenters. The monoisotopic (exact) mass is 356 g/mol. The molecule has 2 rings (SSSR count). The molecule has 0 spiro atoms. The quantitative estimate of drug-likeness (QED) is 0.889. The molecule has 7 heteroatoms. The molecule has 1 aromatic rings. The zero-order valence-corrected chi connectivity index (χ0v) is 13.3. The van der Waals surface area contributed by atoms with E-state index >= 15 is 0 Å². The third-order valence-corrected chi connectivity index (χ3v) is 4.37. The summed E-state index contributed by atoms with van der Waals surface area (Å²) in [4.78, 5) is 29.7. The summed E-state index contributed by atoms with van der Waals surface area (Å²) in [6.45, 7) is 0.805. The Labute approximate surface area is 131 Å². The molecule has 0 saturated carbocycles. The van der Waals surface area contributed by atoms with Crippen molar-refractivity contribution >= 4 is 27.8 Å². The summed E-state index contributed by atoms with van der Waals surface area (Å²) in [5, 5.41) is 9.51. The maximum Gasteiger partial charge on any atom is 0.313 e. The third kappa shape index (κ3) is 3.24. The Balaban J connectivity index is 2.23. The average Bonchev–Trinajstić information content (AvgIpc) is 2.47. The van der Waals surface area contributed by atoms with Crippen LogP contribution in [0.5, 0.6) is 0 Å². The first kappa shape index (κ1) is 15.9. The van der Waals surface area contributed by atoms with Crippen LogP contribution in [0, 0.1) is 5.41 Å². The van der Waals surface area contributed by atoms with E-state index in [2.05, 4.69) is 20.9 Å². The molecular formula is C14H17BrN2O4. The second kappa shape index (κ2) is 6.53. The van der Waals surface area contributed by atoms with Crippen molar-refractivity contribution < 1.29 is 19.4 Å². The van der Waals surface area contributed by atoms with Gasteiger partial charge in [-0.25, -0.2) is 0 Å². The number of rotatable bonds is 4. The summed E-state index contributed by atoms with van der Waals surface area (Å²) >= 11 is 3.30. The molecule has 0 aromatic carbocycles. The second-order valence-electron chi connectivity index (χ2n) is 5.20. The lowest BCUT2D eigenvalue weighted by Crippen LogP contribution is -2.52. The van der Waals surface area contributed by atoms with Gasteiger partial charge in [0.25, 0.3) is 5.91 Å². The number of amides is 1. The van der Waals surface area contributed by atoms with Gasteiger partial charge in [0, 0.05) is 37.1 Å². The Morgan fingerprint density at radius 1 is 1.57 bits per heavy atom. The summed E-state index contributed by atoms with van der Waals surface area (Å²) < 4.78 is 5.67. The fourth-order valence-corrected chi connectivity index (χ4v) is 3.07. The fourth-order valence-electron chi connectivity index (χ4n) is 2.65. The zero-order chi connectivity index (χ0) is 15.5. The van der Waals surface area contributed by atoms with E-state index in [-0.39, 0.29) is 19.1 Å². The number of carbonyl (C=O) groups excluding carboxylic acids is 1. The molecule has 1 amide bonds. The minimum Gasteiger partial charge on any atom is -0.481 e. The molecule has 114 valence electrons. The van der Waals surface area contributed by atoms with E-state index in [1.807, 2.05) is 0 Å². The second-order valence-corrected chi connectivity index (χ2v) is 6.06. The molecule has 1 aromatic heterocycles. The first-order valence-corrected chi connectivity index (χ1v) is 7.40. The van der Waals surface area contributed by atoms with Crippen molar-refractivity contribution in [2.45, 2.75) is 12.8 Å². The molecule has 1 saturated heterocycles. The summed E-state index contributed by atoms with van der Waals surface area (Å²) in [6, 6.07) is 1.62. The minimum atomic E-state index is -1.03. The van der Waals surface area contributed by atoms with Crippen molar-refractivity contribution in [1.29, 1.82) is 0 Å². The van der Waals surface area contributed by atoms with Crippen molar-refractivity contribution in [2.24, 2.45) is 5.41 Å². The highest BCUT2D eigenvalue weighted by Crippen LogP contribution is 2.32. The number of aromatic nitrogens is 1. The van der Waals surface area contributed by atoms with E-state index in [4.69, 9.17) is 4.74 Å². The first-order valence-electron chi connectivity index (χ1n) is 6.61. The van der Waals surface area contributed by atoms with Crippen LogP contribution in [-0.2, 0) is 9.53 Å². The Hall–Kier alpha value is -1.47. The molecule has 6 nitrogen and oxygen atoms in total. The number of nitrogens with zero attached hydrogens (tertiary/aromatic N) is 2. The molecule has 21 heavy (non-hydrogen) atoms. The van der Waals surface area contributed by atoms with Crippen molar-refractivity contribution in [3.05, 3.63) is 28.5 Å². The summed E-state index contributed by atoms with van der Waals surface area (Å²) in [6.07, 6.45) is 4.25. The molecule has 0 bridgehead atoms. The molecular weight excluding hydrogens is 340 g/mol. The van der Waals surface area contributed by atoms with Gasteiger partial charge in [0.15, 0.2) is 0 Å². The molecule has 1 aliphatic heterocycles. The number of pyridine rings is 1. The van der Waals surface area contributed by atoms with E-state index in [0.29, 0.717) is 29.4 Å². The molecule has 0 aliphatic carbocycles. The van der Waals surface area contributed by atoms with Gasteiger partial charge in [0.05, 0.1) is 12.2 Å². The lowest BCUT2D eigenvalue weighted by atomic mass is 9.80. The van der Waals surface area contributed by atoms with E-state index in [1.165, 1.54) is 7.11 Å². The van der Waals surface area contributed by atoms with Crippen LogP contribution in [0.25, 0.3) is 0 Å². The predicted molar refractivity (Wildman–Crippen MR) is 79.0 cm³/mol. The molecule has 2 heterocycles. The highest BCUT2D eigenvalue weighted by atomic mass is 79.9. The van der Waals surface area contributed by atoms with Gasteiger partial charge in [-0.15, -0.1) is 0 Å². The van der Waals surface area contributed by atoms with Crippen LogP contribution in [0.4, 0.5) is 0 Å². The van der Waals surface area contributed by atoms with Gasteiger partial charge >= 0.3 is 5.97 Å². The lowest BCUT2D eigenvalue weighted by Gasteiger charge is -2.39. The number of methoxy groups -OCH3 is 1. The Morgan fingerprint density at radius 3 is 2.95 bits per heavy atom. The van der Waals surface area contributed by atoms with Crippen LogP contribution in [0.15, 0.2) is 22.9 Å². The zero-order valence-electron chi connectivity index (χ0n) is 11.7. The number of ether oxygens (including phenoxy) is 1. The number of carbonyl (C=O) groups is 2. The van der Waals surface area contributed by atoms with Crippen molar-refractivity contribution in [3.63, 3.8) is 0 Å². The smallest absolute Gasteiger partial charge is 0.313 e. The van der Waals surface area contributed by atoms with E-state index in [9.17, 15) is 14.7 Å². The van der Waals surface area contributed by atoms with Crippen LogP contribution in [0.3, 0.4) is 0 Å². The third-order valence-electron chi connectivity index (χ3n) is 3.74. The summed E-state index contributed by atoms with van der Waals surface area (Å²) in [5.41, 5.74) is -0.536. The number of carboxylic acids is 1. The number of halogens is 1. The maximum atomic E-state index is 12.6. The number of piperidine rings is 1. The number of hydrogen-bond donors (Lipinski definition) is 1. The van der Waals surface area contributed by atoms with Gasteiger partial charge in [-0.05, 0) is 34.8 Å². The van der Waals surface area contributed by atoms with E-state index in [0.717, 1.165) is 0 Å². The first-order chi connectivity index (χ1) is 10.00. The molecule has 1 aliphatic rings. The van der Waals surface area contributed by atoms with Gasteiger partial charge in [-0.1, -0.05) is 0 Å². The largest absolute Gasteiger partial charge is 0.481 e. The highest BCUT2D eigenvalue weighted by Gasteiger charge is 2.44. The van der Waals surface area contributed by atoms with Gasteiger partial charge in [0.2, 0.25) is 0 Å². The standard InChI is InChI=1S/C14H17BrN2O4/c1-21-9-14(13(19)20)4-2-6-17(8-14)12(18)10-3-5-16-7-11(10)15/h3,5,7H,2,4,6,8-9H2,1H3,(H,19,20). The topological polar surface area (TPSA) is 79.7 Å². The number of likely N-dealkylation sites (tertiary alicyclic amines) is 1. The summed E-state index contributed by atoms with van der Waals surface area (Å²) in [5.74, 6) is -1.11. The van der Waals surface area contributed by atoms with Crippen LogP contribution in [0.2, 0.25) is 0 Å². The van der Waals surface area contributed by atoms with E-state index in [1.54, 1.807) is 23.4 Å². The van der Waals surface area contributed by atoms with Crippen LogP contribution in [-0.4, -0.2) is 53.7 Å². The van der Waals surface area contributed by atoms with Gasteiger partial charge in [0.1, 0.15) is 5.41 Å². The molecule has 1 N–H and O–H groups in total. The predicted octanol–water partition coefficient (Wildman–Crippen LogP) is 1.80. The number of aliphatic carboxylic acids is 1. The van der Waals surface area contributed by atoms with Crippen molar-refractivity contribution in [1.82, 2.24) is 9.88 Å². The van der Waals surface area contributed by atoms with Crippen molar-refractivity contribution in [3.8, 4) is 0 Å². The number of hydrogen-bond acceptors (Lipinski definition) is 4. The van der Waals surface area contributed by atoms with Gasteiger partial charge < -0.3 is 14.7 Å². The fraction of sp³-hybridized carbons (Fsp3) is 0.500. The molecule has 1 unspecified atom stereocenters. The normalized spacial score (nSPS) is 22.1. The van der Waals surface area contributed by atoms with Crippen LogP contribution < -0.4 is 0 Å². The lowest BCUT2D eigenvalue weighted by molar-refractivity contribution is -0.155. The van der Waals surface area contributed by atoms with E-state index < -0.39 is 11.4 Å². The van der Waals surface area contributed by atoms with Crippen LogP contribution in [0.1, 0.15) is 23.2 Å². The highest BCUT2D eigenvalue weighted by molar-refractivity contribution is 9.10. The number of carboxylic acid groups (broad SMARTS) is 1. The van der Waals surface area contributed by atoms with Gasteiger partial charge in [-0.3, -0.25) is 14.6 Å². The van der Waals surface area contributed by atoms with Gasteiger partial charge in [-0.2, -0.15) is 0 Å². The SMILES string of the molecule is COCC1(C(=O)O)CCCN(C(=O)c2ccncc2Br)C1. The molecule has 1 fully saturated rings. The maximum absolute atomic E-state index is 12.6. The Morgan fingerprint density at radius 2 is 2.33 bits per heavy atom. The Bertz CT molecular complexity index is 548. The summed E-state index contributed by atoms with van der Waals surface area (Å²) in [7, 11) is 1.48. The average molecular weight is 357 g/mol. The van der Waals surface area contributed by atoms with Crippen LogP contribution >= 0.6 is 15.9 Å². The Kier molecular flexibility index (Phi) is 4.95. The van der Waals surface area contributed by atoms with Crippen molar-refractivity contribution in [2.75, 3.05) is 26.8 Å².